The lowest BCUT2D eigenvalue weighted by Crippen LogP contribution is -2.14. The molecule has 9 heavy (non-hydrogen) atoms. The van der Waals surface area contributed by atoms with Gasteiger partial charge < -0.3 is 15.3 Å². The Kier molecular flexibility index (Phi) is 4.09. The van der Waals surface area contributed by atoms with Crippen LogP contribution in [0.5, 0.6) is 0 Å². The number of aliphatic hydroxyl groups excluding tert-OH is 3. The van der Waals surface area contributed by atoms with E-state index in [0.717, 1.165) is 0 Å². The zero-order chi connectivity index (χ0) is 7.28. The molecule has 3 heteroatoms. The highest BCUT2D eigenvalue weighted by Gasteiger charge is 2.04. The molecule has 0 spiro atoms. The van der Waals surface area contributed by atoms with Gasteiger partial charge in [-0.15, -0.1) is 0 Å². The van der Waals surface area contributed by atoms with E-state index >= 15 is 0 Å². The number of aliphatic hydroxyl groups is 3. The van der Waals surface area contributed by atoms with E-state index in [2.05, 4.69) is 0 Å². The SMILES string of the molecule is CCC=C(O)C(O)CO. The summed E-state index contributed by atoms with van der Waals surface area (Å²) < 4.78 is 0. The van der Waals surface area contributed by atoms with Crippen LogP contribution in [0.3, 0.4) is 0 Å². The minimum Gasteiger partial charge on any atom is -0.510 e. The largest absolute Gasteiger partial charge is 0.510 e. The monoisotopic (exact) mass is 132 g/mol. The van der Waals surface area contributed by atoms with Crippen molar-refractivity contribution in [3.63, 3.8) is 0 Å². The first-order valence-corrected chi connectivity index (χ1v) is 2.90. The summed E-state index contributed by atoms with van der Waals surface area (Å²) in [6.07, 6.45) is 1.01. The molecule has 54 valence electrons. The molecular formula is C6H12O3. The Morgan fingerprint density at radius 3 is 2.56 bits per heavy atom. The van der Waals surface area contributed by atoms with Crippen molar-refractivity contribution in [2.24, 2.45) is 0 Å². The first kappa shape index (κ1) is 8.46. The van der Waals surface area contributed by atoms with Crippen LogP contribution in [0.25, 0.3) is 0 Å². The molecule has 0 bridgehead atoms. The van der Waals surface area contributed by atoms with Crippen molar-refractivity contribution in [3.05, 3.63) is 11.8 Å². The minimum absolute atomic E-state index is 0.153. The van der Waals surface area contributed by atoms with Gasteiger partial charge in [0.25, 0.3) is 0 Å². The van der Waals surface area contributed by atoms with Crippen LogP contribution in [0.1, 0.15) is 13.3 Å². The highest BCUT2D eigenvalue weighted by atomic mass is 16.3. The molecule has 0 radical (unpaired) electrons. The van der Waals surface area contributed by atoms with Crippen LogP contribution in [0, 0.1) is 0 Å². The Bertz CT molecular complexity index is 98.5. The molecule has 0 rings (SSSR count). The number of allylic oxidation sites excluding steroid dienone is 1. The average molecular weight is 132 g/mol. The normalized spacial score (nSPS) is 15.7. The van der Waals surface area contributed by atoms with E-state index in [4.69, 9.17) is 15.3 Å². The van der Waals surface area contributed by atoms with Crippen LogP contribution in [-0.2, 0) is 0 Å². The van der Waals surface area contributed by atoms with Crippen molar-refractivity contribution in [2.45, 2.75) is 19.4 Å². The van der Waals surface area contributed by atoms with Gasteiger partial charge in [0, 0.05) is 0 Å². The number of hydrogen-bond donors (Lipinski definition) is 3. The number of hydrogen-bond acceptors (Lipinski definition) is 3. The minimum atomic E-state index is -1.11. The lowest BCUT2D eigenvalue weighted by molar-refractivity contribution is 0.0867. The van der Waals surface area contributed by atoms with Crippen molar-refractivity contribution >= 4 is 0 Å². The summed E-state index contributed by atoms with van der Waals surface area (Å²) >= 11 is 0. The maximum atomic E-state index is 8.77. The van der Waals surface area contributed by atoms with Crippen LogP contribution < -0.4 is 0 Å². The molecule has 0 aliphatic carbocycles. The molecule has 3 nitrogen and oxygen atoms in total. The fourth-order valence-electron chi connectivity index (χ4n) is 0.439. The predicted molar refractivity (Wildman–Crippen MR) is 34.1 cm³/mol. The van der Waals surface area contributed by atoms with Gasteiger partial charge in [0.15, 0.2) is 0 Å². The second kappa shape index (κ2) is 4.35. The molecule has 0 aromatic rings. The molecule has 0 amide bonds. The van der Waals surface area contributed by atoms with Gasteiger partial charge in [-0.1, -0.05) is 6.92 Å². The molecule has 0 aromatic carbocycles. The molecule has 1 unspecified atom stereocenters. The van der Waals surface area contributed by atoms with E-state index in [1.54, 1.807) is 0 Å². The van der Waals surface area contributed by atoms with Crippen LogP contribution >= 0.6 is 0 Å². The molecule has 0 saturated heterocycles. The van der Waals surface area contributed by atoms with Crippen LogP contribution in [0.2, 0.25) is 0 Å². The summed E-state index contributed by atoms with van der Waals surface area (Å²) in [5, 5.41) is 25.7. The quantitative estimate of drug-likeness (QED) is 0.480. The van der Waals surface area contributed by atoms with Crippen molar-refractivity contribution < 1.29 is 15.3 Å². The Morgan fingerprint density at radius 2 is 2.22 bits per heavy atom. The van der Waals surface area contributed by atoms with E-state index in [9.17, 15) is 0 Å². The molecule has 0 aliphatic heterocycles. The van der Waals surface area contributed by atoms with E-state index < -0.39 is 12.7 Å². The third kappa shape index (κ3) is 3.11. The smallest absolute Gasteiger partial charge is 0.133 e. The Labute approximate surface area is 54.3 Å². The van der Waals surface area contributed by atoms with Crippen LogP contribution in [0.15, 0.2) is 11.8 Å². The zero-order valence-corrected chi connectivity index (χ0v) is 5.41. The first-order valence-electron chi connectivity index (χ1n) is 2.90. The second-order valence-electron chi connectivity index (χ2n) is 1.74. The fourth-order valence-corrected chi connectivity index (χ4v) is 0.439. The highest BCUT2D eigenvalue weighted by Crippen LogP contribution is 1.97. The Hall–Kier alpha value is -0.540. The van der Waals surface area contributed by atoms with E-state index in [1.165, 1.54) is 6.08 Å². The number of rotatable bonds is 3. The van der Waals surface area contributed by atoms with Gasteiger partial charge >= 0.3 is 0 Å². The molecule has 0 saturated carbocycles. The highest BCUT2D eigenvalue weighted by molar-refractivity contribution is 4.96. The summed E-state index contributed by atoms with van der Waals surface area (Å²) in [5.41, 5.74) is 0. The summed E-state index contributed by atoms with van der Waals surface area (Å²) in [5.74, 6) is -0.153. The van der Waals surface area contributed by atoms with Gasteiger partial charge in [-0.3, -0.25) is 0 Å². The van der Waals surface area contributed by atoms with Crippen LogP contribution in [0.4, 0.5) is 0 Å². The van der Waals surface area contributed by atoms with Gasteiger partial charge in [-0.25, -0.2) is 0 Å². The van der Waals surface area contributed by atoms with Gasteiger partial charge in [0.2, 0.25) is 0 Å². The summed E-state index contributed by atoms with van der Waals surface area (Å²) in [6, 6.07) is 0. The zero-order valence-electron chi connectivity index (χ0n) is 5.41. The maximum absolute atomic E-state index is 8.77. The summed E-state index contributed by atoms with van der Waals surface area (Å²) in [4.78, 5) is 0. The maximum Gasteiger partial charge on any atom is 0.133 e. The van der Waals surface area contributed by atoms with Gasteiger partial charge in [0.05, 0.1) is 6.61 Å². The molecular weight excluding hydrogens is 120 g/mol. The van der Waals surface area contributed by atoms with Crippen LogP contribution in [-0.4, -0.2) is 28.0 Å². The van der Waals surface area contributed by atoms with Crippen molar-refractivity contribution in [2.75, 3.05) is 6.61 Å². The lowest BCUT2D eigenvalue weighted by Gasteiger charge is -2.03. The molecule has 3 N–H and O–H groups in total. The average Bonchev–Trinajstić information content (AvgIpc) is 1.87. The van der Waals surface area contributed by atoms with Crippen molar-refractivity contribution in [1.82, 2.24) is 0 Å². The third-order valence-electron chi connectivity index (χ3n) is 0.928. The van der Waals surface area contributed by atoms with Gasteiger partial charge in [0.1, 0.15) is 11.9 Å². The molecule has 0 aromatic heterocycles. The molecule has 0 aliphatic rings. The summed E-state index contributed by atoms with van der Waals surface area (Å²) in [6.45, 7) is 1.41. The predicted octanol–water partition coefficient (Wildman–Crippen LogP) is 0.192. The van der Waals surface area contributed by atoms with E-state index in [-0.39, 0.29) is 5.76 Å². The fraction of sp³-hybridized carbons (Fsp3) is 0.667. The second-order valence-corrected chi connectivity index (χ2v) is 1.74. The Balaban J connectivity index is 3.70. The van der Waals surface area contributed by atoms with Gasteiger partial charge in [-0.05, 0) is 12.5 Å². The Morgan fingerprint density at radius 1 is 1.67 bits per heavy atom. The third-order valence-corrected chi connectivity index (χ3v) is 0.928. The molecule has 1 atom stereocenters. The van der Waals surface area contributed by atoms with E-state index in [1.807, 2.05) is 6.92 Å². The topological polar surface area (TPSA) is 60.7 Å². The van der Waals surface area contributed by atoms with Crippen molar-refractivity contribution in [3.8, 4) is 0 Å². The molecule has 0 fully saturated rings. The lowest BCUT2D eigenvalue weighted by atomic mass is 10.3. The van der Waals surface area contributed by atoms with Crippen molar-refractivity contribution in [1.29, 1.82) is 0 Å². The summed E-state index contributed by atoms with van der Waals surface area (Å²) in [7, 11) is 0. The van der Waals surface area contributed by atoms with Gasteiger partial charge in [-0.2, -0.15) is 0 Å². The first-order chi connectivity index (χ1) is 4.22. The van der Waals surface area contributed by atoms with E-state index in [0.29, 0.717) is 6.42 Å². The standard InChI is InChI=1S/C6H12O3/c1-2-3-5(8)6(9)4-7/h3,6-9H,2,4H2,1H3. The molecule has 0 heterocycles.